The molecular formula is C15H20ClN3O2. The quantitative estimate of drug-likeness (QED) is 0.820. The van der Waals surface area contributed by atoms with Crippen LogP contribution in [0.2, 0.25) is 5.02 Å². The van der Waals surface area contributed by atoms with Crippen molar-refractivity contribution in [2.75, 3.05) is 36.8 Å². The van der Waals surface area contributed by atoms with Gasteiger partial charge in [0.05, 0.1) is 16.3 Å². The molecule has 0 radical (unpaired) electrons. The van der Waals surface area contributed by atoms with Crippen LogP contribution in [0.1, 0.15) is 29.6 Å². The number of anilines is 2. The van der Waals surface area contributed by atoms with Crippen LogP contribution in [0.4, 0.5) is 11.4 Å². The molecule has 3 N–H and O–H groups in total. The largest absolute Gasteiger partial charge is 0.478 e. The lowest BCUT2D eigenvalue weighted by Crippen LogP contribution is -2.37. The van der Waals surface area contributed by atoms with Gasteiger partial charge >= 0.3 is 5.97 Å². The third-order valence-electron chi connectivity index (χ3n) is 4.44. The highest BCUT2D eigenvalue weighted by molar-refractivity contribution is 6.34. The molecule has 1 unspecified atom stereocenters. The number of carbonyl (C=O) groups is 1. The summed E-state index contributed by atoms with van der Waals surface area (Å²) in [6, 6.07) is 3.64. The molecule has 1 aromatic carbocycles. The van der Waals surface area contributed by atoms with Crippen molar-refractivity contribution in [3.05, 3.63) is 22.7 Å². The van der Waals surface area contributed by atoms with E-state index in [1.54, 1.807) is 6.07 Å². The molecule has 3 rings (SSSR count). The first kappa shape index (κ1) is 14.5. The van der Waals surface area contributed by atoms with Gasteiger partial charge in [-0.2, -0.15) is 0 Å². The Morgan fingerprint density at radius 1 is 1.29 bits per heavy atom. The van der Waals surface area contributed by atoms with Crippen LogP contribution in [0, 0.1) is 0 Å². The van der Waals surface area contributed by atoms with Gasteiger partial charge in [0.15, 0.2) is 0 Å². The zero-order chi connectivity index (χ0) is 15.0. The number of nitrogens with two attached hydrogens (primary N) is 1. The number of hydrogen-bond acceptors (Lipinski definition) is 4. The fraction of sp³-hybridized carbons (Fsp3) is 0.533. The Morgan fingerprint density at radius 3 is 2.81 bits per heavy atom. The van der Waals surface area contributed by atoms with Crippen LogP contribution in [0.15, 0.2) is 12.1 Å². The lowest BCUT2D eigenvalue weighted by molar-refractivity contribution is 0.0697. The number of hydrogen-bond donors (Lipinski definition) is 2. The topological polar surface area (TPSA) is 69.8 Å². The smallest absolute Gasteiger partial charge is 0.337 e. The van der Waals surface area contributed by atoms with Crippen molar-refractivity contribution in [3.8, 4) is 0 Å². The molecule has 2 heterocycles. The van der Waals surface area contributed by atoms with E-state index in [0.29, 0.717) is 22.4 Å². The fourth-order valence-electron chi connectivity index (χ4n) is 3.51. The number of nitrogens with zero attached hydrogens (tertiary/aromatic N) is 2. The molecule has 0 saturated carbocycles. The van der Waals surface area contributed by atoms with E-state index in [2.05, 4.69) is 9.80 Å². The van der Waals surface area contributed by atoms with Gasteiger partial charge in [0.2, 0.25) is 0 Å². The number of nitrogen functional groups attached to an aromatic ring is 1. The van der Waals surface area contributed by atoms with E-state index in [1.165, 1.54) is 18.9 Å². The molecule has 2 fully saturated rings. The first-order chi connectivity index (χ1) is 10.1. The lowest BCUT2D eigenvalue weighted by Gasteiger charge is -2.29. The average Bonchev–Trinajstić information content (AvgIpc) is 2.75. The Morgan fingerprint density at radius 2 is 2.05 bits per heavy atom. The zero-order valence-corrected chi connectivity index (χ0v) is 12.6. The van der Waals surface area contributed by atoms with Crippen LogP contribution in [-0.4, -0.2) is 48.2 Å². The Hall–Kier alpha value is -1.46. The summed E-state index contributed by atoms with van der Waals surface area (Å²) in [5.41, 5.74) is 6.94. The first-order valence-corrected chi connectivity index (χ1v) is 7.75. The van der Waals surface area contributed by atoms with Crippen molar-refractivity contribution in [2.24, 2.45) is 0 Å². The molecule has 2 aliphatic rings. The van der Waals surface area contributed by atoms with Gasteiger partial charge in [-0.25, -0.2) is 4.79 Å². The van der Waals surface area contributed by atoms with E-state index < -0.39 is 5.97 Å². The number of rotatable bonds is 2. The van der Waals surface area contributed by atoms with Crippen molar-refractivity contribution in [1.82, 2.24) is 4.90 Å². The summed E-state index contributed by atoms with van der Waals surface area (Å²) >= 11 is 6.31. The minimum atomic E-state index is -0.980. The number of aromatic carboxylic acids is 1. The van der Waals surface area contributed by atoms with E-state index in [4.69, 9.17) is 17.3 Å². The lowest BCUT2D eigenvalue weighted by atomic mass is 10.1. The predicted molar refractivity (Wildman–Crippen MR) is 84.2 cm³/mol. The number of carboxylic acids is 1. The highest BCUT2D eigenvalue weighted by Gasteiger charge is 2.31. The number of benzene rings is 1. The number of fused-ring (bicyclic) bond motifs is 1. The van der Waals surface area contributed by atoms with Crippen molar-refractivity contribution in [2.45, 2.75) is 25.3 Å². The van der Waals surface area contributed by atoms with Gasteiger partial charge in [0.1, 0.15) is 0 Å². The summed E-state index contributed by atoms with van der Waals surface area (Å²) in [5.74, 6) is -0.980. The molecule has 2 saturated heterocycles. The van der Waals surface area contributed by atoms with E-state index in [9.17, 15) is 9.90 Å². The molecule has 2 aliphatic heterocycles. The molecule has 21 heavy (non-hydrogen) atoms. The van der Waals surface area contributed by atoms with Crippen LogP contribution in [0.5, 0.6) is 0 Å². The van der Waals surface area contributed by atoms with E-state index in [1.807, 2.05) is 0 Å². The van der Waals surface area contributed by atoms with Crippen LogP contribution >= 0.6 is 11.6 Å². The highest BCUT2D eigenvalue weighted by atomic mass is 35.5. The molecule has 1 atom stereocenters. The third-order valence-corrected chi connectivity index (χ3v) is 4.72. The second-order valence-electron chi connectivity index (χ2n) is 5.84. The Kier molecular flexibility index (Phi) is 3.95. The maximum atomic E-state index is 11.5. The summed E-state index contributed by atoms with van der Waals surface area (Å²) in [5, 5.41) is 9.88. The zero-order valence-electron chi connectivity index (χ0n) is 11.9. The number of halogens is 1. The summed E-state index contributed by atoms with van der Waals surface area (Å²) < 4.78 is 0. The average molecular weight is 310 g/mol. The maximum Gasteiger partial charge on any atom is 0.337 e. The second kappa shape index (κ2) is 5.73. The van der Waals surface area contributed by atoms with Crippen LogP contribution < -0.4 is 10.6 Å². The van der Waals surface area contributed by atoms with Gasteiger partial charge in [-0.15, -0.1) is 0 Å². The van der Waals surface area contributed by atoms with Crippen molar-refractivity contribution in [1.29, 1.82) is 0 Å². The molecule has 0 aromatic heterocycles. The van der Waals surface area contributed by atoms with Crippen LogP contribution in [-0.2, 0) is 0 Å². The maximum absolute atomic E-state index is 11.5. The van der Waals surface area contributed by atoms with Crippen molar-refractivity contribution < 1.29 is 9.90 Å². The fourth-order valence-corrected chi connectivity index (χ4v) is 3.86. The molecule has 1 aromatic rings. The molecule has 6 heteroatoms. The minimum absolute atomic E-state index is 0.200. The van der Waals surface area contributed by atoms with Gasteiger partial charge in [-0.3, -0.25) is 4.90 Å². The SMILES string of the molecule is Nc1cc(Cl)c(N2CCCN3CCCC3C2)c(C(=O)O)c1. The van der Waals surface area contributed by atoms with E-state index in [-0.39, 0.29) is 5.56 Å². The van der Waals surface area contributed by atoms with E-state index >= 15 is 0 Å². The predicted octanol–water partition coefficient (Wildman–Crippen LogP) is 2.29. The Balaban J connectivity index is 1.97. The summed E-state index contributed by atoms with van der Waals surface area (Å²) in [4.78, 5) is 16.2. The van der Waals surface area contributed by atoms with Gasteiger partial charge in [-0.05, 0) is 37.9 Å². The summed E-state index contributed by atoms with van der Waals surface area (Å²) in [6.45, 7) is 3.90. The summed E-state index contributed by atoms with van der Waals surface area (Å²) in [6.07, 6.45) is 3.42. The molecule has 0 spiro atoms. The van der Waals surface area contributed by atoms with Crippen molar-refractivity contribution in [3.63, 3.8) is 0 Å². The van der Waals surface area contributed by atoms with Crippen LogP contribution in [0.25, 0.3) is 0 Å². The highest BCUT2D eigenvalue weighted by Crippen LogP contribution is 2.35. The Bertz CT molecular complexity index is 564. The Labute approximate surface area is 129 Å². The first-order valence-electron chi connectivity index (χ1n) is 7.37. The normalized spacial score (nSPS) is 22.9. The van der Waals surface area contributed by atoms with Gasteiger partial charge < -0.3 is 15.7 Å². The standard InChI is InChI=1S/C15H20ClN3O2/c16-13-8-10(17)7-12(15(20)21)14(13)19-6-2-5-18-4-1-3-11(18)9-19/h7-8,11H,1-6,9,17H2,(H,20,21). The van der Waals surface area contributed by atoms with Crippen LogP contribution in [0.3, 0.4) is 0 Å². The molecule has 5 nitrogen and oxygen atoms in total. The number of carboxylic acid groups (broad SMARTS) is 1. The minimum Gasteiger partial charge on any atom is -0.478 e. The molecule has 0 aliphatic carbocycles. The third kappa shape index (κ3) is 2.80. The summed E-state index contributed by atoms with van der Waals surface area (Å²) in [7, 11) is 0. The molecule has 0 bridgehead atoms. The molecular weight excluding hydrogens is 290 g/mol. The van der Waals surface area contributed by atoms with E-state index in [0.717, 1.165) is 32.6 Å². The molecule has 114 valence electrons. The monoisotopic (exact) mass is 309 g/mol. The van der Waals surface area contributed by atoms with Gasteiger partial charge in [-0.1, -0.05) is 11.6 Å². The van der Waals surface area contributed by atoms with Crippen molar-refractivity contribution >= 4 is 28.9 Å². The van der Waals surface area contributed by atoms with Gasteiger partial charge in [0.25, 0.3) is 0 Å². The molecule has 0 amide bonds. The second-order valence-corrected chi connectivity index (χ2v) is 6.24. The van der Waals surface area contributed by atoms with Gasteiger partial charge in [0, 0.05) is 31.4 Å².